The van der Waals surface area contributed by atoms with E-state index in [0.29, 0.717) is 0 Å². The molecule has 1 aromatic heterocycles. The highest BCUT2D eigenvalue weighted by Gasteiger charge is 2.19. The fourth-order valence-electron chi connectivity index (χ4n) is 1.52. The Morgan fingerprint density at radius 2 is 2.26 bits per heavy atom. The molecule has 1 atom stereocenters. The van der Waals surface area contributed by atoms with E-state index in [-0.39, 0.29) is 18.1 Å². The summed E-state index contributed by atoms with van der Waals surface area (Å²) in [7, 11) is 1.42. The number of nitrogens with one attached hydrogen (secondary N) is 1. The third-order valence-corrected chi connectivity index (χ3v) is 4.32. The number of hydrogen-bond acceptors (Lipinski definition) is 7. The van der Waals surface area contributed by atoms with Gasteiger partial charge in [0.15, 0.2) is 4.34 Å². The van der Waals surface area contributed by atoms with Crippen LogP contribution in [0.1, 0.15) is 33.0 Å². The molecule has 7 heteroatoms. The summed E-state index contributed by atoms with van der Waals surface area (Å²) in [5, 5.41) is 3.21. The monoisotopic (exact) mass is 303 g/mol. The molecule has 0 aliphatic heterocycles. The number of aryl methyl sites for hydroxylation is 1. The first-order chi connectivity index (χ1) is 9.06. The number of thioether (sulfide) groups is 1. The lowest BCUT2D eigenvalue weighted by Gasteiger charge is -2.18. The quantitative estimate of drug-likeness (QED) is 0.586. The van der Waals surface area contributed by atoms with Crippen molar-refractivity contribution in [3.63, 3.8) is 0 Å². The summed E-state index contributed by atoms with van der Waals surface area (Å²) in [5.74, 6) is 1.50. The lowest BCUT2D eigenvalue weighted by Crippen LogP contribution is -2.41. The molecule has 0 aliphatic rings. The Morgan fingerprint density at radius 3 is 2.79 bits per heavy atom. The van der Waals surface area contributed by atoms with Crippen molar-refractivity contribution in [2.45, 2.75) is 50.0 Å². The number of ether oxygens (including phenoxy) is 1. The molecule has 5 nitrogen and oxygen atoms in total. The van der Waals surface area contributed by atoms with E-state index in [9.17, 15) is 4.79 Å². The molecule has 1 rings (SSSR count). The third-order valence-electron chi connectivity index (χ3n) is 2.42. The first kappa shape index (κ1) is 16.4. The average molecular weight is 303 g/mol. The van der Waals surface area contributed by atoms with Crippen molar-refractivity contribution < 1.29 is 9.53 Å². The molecule has 1 aromatic rings. The van der Waals surface area contributed by atoms with Crippen LogP contribution in [0.5, 0.6) is 0 Å². The summed E-state index contributed by atoms with van der Waals surface area (Å²) < 4.78 is 10.00. The number of hydrogen-bond donors (Lipinski definition) is 1. The van der Waals surface area contributed by atoms with Crippen LogP contribution in [0.15, 0.2) is 4.34 Å². The normalized spacial score (nSPS) is 12.7. The molecule has 1 unspecified atom stereocenters. The number of carbonyl (C=O) groups excluding carboxylic acids is 1. The maximum absolute atomic E-state index is 11.6. The highest BCUT2D eigenvalue weighted by atomic mass is 32.2. The van der Waals surface area contributed by atoms with Crippen molar-refractivity contribution in [1.82, 2.24) is 14.7 Å². The largest absolute Gasteiger partial charge is 0.468 e. The Labute approximate surface area is 122 Å². The van der Waals surface area contributed by atoms with E-state index in [2.05, 4.69) is 14.7 Å². The van der Waals surface area contributed by atoms with Crippen molar-refractivity contribution >= 4 is 29.3 Å². The zero-order chi connectivity index (χ0) is 14.3. The molecule has 0 bridgehead atoms. The molecule has 0 aromatic carbocycles. The van der Waals surface area contributed by atoms with Crippen molar-refractivity contribution in [2.24, 2.45) is 0 Å². The van der Waals surface area contributed by atoms with Gasteiger partial charge < -0.3 is 10.1 Å². The molecular formula is C12H21N3O2S2. The van der Waals surface area contributed by atoms with Gasteiger partial charge in [0.1, 0.15) is 11.9 Å². The van der Waals surface area contributed by atoms with Crippen LogP contribution in [0.3, 0.4) is 0 Å². The second kappa shape index (κ2) is 8.50. The highest BCUT2D eigenvalue weighted by Crippen LogP contribution is 2.21. The maximum Gasteiger partial charge on any atom is 0.322 e. The Bertz CT molecular complexity index is 396. The molecule has 0 amide bonds. The van der Waals surface area contributed by atoms with Gasteiger partial charge in [0, 0.05) is 18.2 Å². The fraction of sp³-hybridized carbons (Fsp3) is 0.750. The second-order valence-electron chi connectivity index (χ2n) is 4.36. The number of rotatable bonds is 8. The van der Waals surface area contributed by atoms with Gasteiger partial charge in [-0.05, 0) is 18.0 Å². The number of methoxy groups -OCH3 is 1. The van der Waals surface area contributed by atoms with Crippen LogP contribution in [0.2, 0.25) is 0 Å². The van der Waals surface area contributed by atoms with E-state index in [1.54, 1.807) is 11.8 Å². The summed E-state index contributed by atoms with van der Waals surface area (Å²) in [4.78, 5) is 16.0. The van der Waals surface area contributed by atoms with Crippen molar-refractivity contribution in [2.75, 3.05) is 12.9 Å². The Kier molecular flexibility index (Phi) is 7.33. The Balaban J connectivity index is 2.40. The summed E-state index contributed by atoms with van der Waals surface area (Å²) >= 11 is 3.06. The molecule has 1 heterocycles. The van der Waals surface area contributed by atoms with Gasteiger partial charge in [-0.15, -0.1) is 0 Å². The summed E-state index contributed by atoms with van der Waals surface area (Å²) in [5.41, 5.74) is 0. The van der Waals surface area contributed by atoms with Crippen LogP contribution in [0, 0.1) is 0 Å². The molecule has 0 radical (unpaired) electrons. The van der Waals surface area contributed by atoms with Gasteiger partial charge in [-0.2, -0.15) is 4.37 Å². The molecule has 19 heavy (non-hydrogen) atoms. The minimum absolute atomic E-state index is 0.208. The molecule has 108 valence electrons. The number of carbonyl (C=O) groups is 1. The van der Waals surface area contributed by atoms with E-state index < -0.39 is 0 Å². The zero-order valence-corrected chi connectivity index (χ0v) is 13.4. The van der Waals surface area contributed by atoms with Crippen LogP contribution in [0.4, 0.5) is 0 Å². The van der Waals surface area contributed by atoms with Gasteiger partial charge in [0.2, 0.25) is 0 Å². The van der Waals surface area contributed by atoms with Crippen LogP contribution in [-0.2, 0) is 16.0 Å². The van der Waals surface area contributed by atoms with Crippen molar-refractivity contribution in [1.29, 1.82) is 0 Å². The molecule has 0 saturated heterocycles. The lowest BCUT2D eigenvalue weighted by atomic mass is 10.2. The van der Waals surface area contributed by atoms with Crippen LogP contribution in [0.25, 0.3) is 0 Å². The lowest BCUT2D eigenvalue weighted by molar-refractivity contribution is -0.143. The van der Waals surface area contributed by atoms with Crippen LogP contribution in [-0.4, -0.2) is 40.3 Å². The van der Waals surface area contributed by atoms with E-state index in [4.69, 9.17) is 4.74 Å². The van der Waals surface area contributed by atoms with E-state index in [1.165, 1.54) is 18.6 Å². The second-order valence-corrected chi connectivity index (χ2v) is 6.46. The predicted molar refractivity (Wildman–Crippen MR) is 78.7 cm³/mol. The van der Waals surface area contributed by atoms with Gasteiger partial charge in [-0.25, -0.2) is 4.98 Å². The van der Waals surface area contributed by atoms with E-state index >= 15 is 0 Å². The predicted octanol–water partition coefficient (Wildman–Crippen LogP) is 2.12. The van der Waals surface area contributed by atoms with Crippen LogP contribution >= 0.6 is 23.3 Å². The molecule has 0 aliphatic carbocycles. The topological polar surface area (TPSA) is 64.1 Å². The minimum atomic E-state index is -0.254. The van der Waals surface area contributed by atoms with Crippen LogP contribution < -0.4 is 5.32 Å². The summed E-state index contributed by atoms with van der Waals surface area (Å²) in [6.07, 6.45) is 1.58. The van der Waals surface area contributed by atoms with Crippen molar-refractivity contribution in [3.05, 3.63) is 5.82 Å². The van der Waals surface area contributed by atoms with Gasteiger partial charge in [-0.1, -0.05) is 32.5 Å². The fourth-order valence-corrected chi connectivity index (χ4v) is 3.29. The zero-order valence-electron chi connectivity index (χ0n) is 11.8. The van der Waals surface area contributed by atoms with E-state index in [0.717, 1.165) is 28.8 Å². The first-order valence-corrected chi connectivity index (χ1v) is 8.12. The number of aromatic nitrogens is 2. The minimum Gasteiger partial charge on any atom is -0.468 e. The SMILES string of the molecule is CCc1nsc(SCCC(NC(C)C)C(=O)OC)n1. The highest BCUT2D eigenvalue weighted by molar-refractivity contribution is 8.00. The molecule has 0 saturated carbocycles. The summed E-state index contributed by atoms with van der Waals surface area (Å²) in [6, 6.07) is -0.00149. The number of esters is 1. The third kappa shape index (κ3) is 5.88. The number of nitrogens with zero attached hydrogens (tertiary/aromatic N) is 2. The van der Waals surface area contributed by atoms with Gasteiger partial charge >= 0.3 is 5.97 Å². The van der Waals surface area contributed by atoms with Gasteiger partial charge in [0.05, 0.1) is 7.11 Å². The average Bonchev–Trinajstić information content (AvgIpc) is 2.84. The molecule has 0 spiro atoms. The van der Waals surface area contributed by atoms with Gasteiger partial charge in [-0.3, -0.25) is 4.79 Å². The van der Waals surface area contributed by atoms with Gasteiger partial charge in [0.25, 0.3) is 0 Å². The molecule has 1 N–H and O–H groups in total. The smallest absolute Gasteiger partial charge is 0.322 e. The Hall–Kier alpha value is -0.660. The van der Waals surface area contributed by atoms with Crippen molar-refractivity contribution in [3.8, 4) is 0 Å². The summed E-state index contributed by atoms with van der Waals surface area (Å²) in [6.45, 7) is 6.07. The maximum atomic E-state index is 11.6. The first-order valence-electron chi connectivity index (χ1n) is 6.36. The molecule has 0 fully saturated rings. The standard InChI is InChI=1S/C12H21N3O2S2/c1-5-10-14-12(19-15-10)18-7-6-9(11(16)17-4)13-8(2)3/h8-9,13H,5-7H2,1-4H3. The Morgan fingerprint density at radius 1 is 1.53 bits per heavy atom. The van der Waals surface area contributed by atoms with E-state index in [1.807, 2.05) is 20.8 Å². The molecular weight excluding hydrogens is 282 g/mol.